The monoisotopic (exact) mass is 257 g/mol. The zero-order valence-corrected chi connectivity index (χ0v) is 9.03. The fraction of sp³-hybridized carbons (Fsp3) is 0.400. The first-order valence-electron chi connectivity index (χ1n) is 4.61. The highest BCUT2D eigenvalue weighted by molar-refractivity contribution is 9.10. The Morgan fingerprint density at radius 3 is 2.93 bits per heavy atom. The standard InChI is InChI=1S/C10H9BrFNO/c11-6-3-8-9(4-7(6)12)14-10(1-2-10)5-13-8/h3-4,13H,1-2,5H2. The predicted octanol–water partition coefficient (Wildman–Crippen LogP) is 2.93. The lowest BCUT2D eigenvalue weighted by molar-refractivity contribution is 0.183. The van der Waals surface area contributed by atoms with Gasteiger partial charge in [0.25, 0.3) is 0 Å². The highest BCUT2D eigenvalue weighted by Crippen LogP contribution is 2.46. The highest BCUT2D eigenvalue weighted by atomic mass is 79.9. The average molecular weight is 258 g/mol. The molecule has 4 heteroatoms. The van der Waals surface area contributed by atoms with E-state index in [1.54, 1.807) is 6.07 Å². The molecule has 1 aromatic carbocycles. The van der Waals surface area contributed by atoms with Crippen molar-refractivity contribution in [2.24, 2.45) is 0 Å². The van der Waals surface area contributed by atoms with Crippen molar-refractivity contribution in [1.82, 2.24) is 0 Å². The van der Waals surface area contributed by atoms with Gasteiger partial charge < -0.3 is 10.1 Å². The van der Waals surface area contributed by atoms with Gasteiger partial charge in [0.05, 0.1) is 16.7 Å². The Kier molecular flexibility index (Phi) is 1.60. The molecule has 0 unspecified atom stereocenters. The second-order valence-electron chi connectivity index (χ2n) is 3.90. The van der Waals surface area contributed by atoms with E-state index in [9.17, 15) is 4.39 Å². The summed E-state index contributed by atoms with van der Waals surface area (Å²) in [5.74, 6) is 0.359. The molecule has 14 heavy (non-hydrogen) atoms. The second-order valence-corrected chi connectivity index (χ2v) is 4.76. The van der Waals surface area contributed by atoms with E-state index < -0.39 is 0 Å². The Labute approximate surface area is 89.6 Å². The quantitative estimate of drug-likeness (QED) is 0.772. The molecule has 0 amide bonds. The van der Waals surface area contributed by atoms with Crippen LogP contribution in [-0.4, -0.2) is 12.1 Å². The van der Waals surface area contributed by atoms with Crippen LogP contribution in [0, 0.1) is 5.82 Å². The molecule has 1 spiro atoms. The summed E-state index contributed by atoms with van der Waals surface area (Å²) in [4.78, 5) is 0. The molecule has 1 aromatic rings. The third kappa shape index (κ3) is 1.21. The van der Waals surface area contributed by atoms with Crippen molar-refractivity contribution < 1.29 is 9.13 Å². The highest BCUT2D eigenvalue weighted by Gasteiger charge is 2.47. The predicted molar refractivity (Wildman–Crippen MR) is 55.2 cm³/mol. The van der Waals surface area contributed by atoms with Crippen LogP contribution in [0.15, 0.2) is 16.6 Å². The molecule has 0 aromatic heterocycles. The lowest BCUT2D eigenvalue weighted by Gasteiger charge is -2.27. The molecule has 1 aliphatic heterocycles. The first-order valence-corrected chi connectivity index (χ1v) is 5.40. The van der Waals surface area contributed by atoms with Gasteiger partial charge in [-0.2, -0.15) is 0 Å². The molecule has 0 atom stereocenters. The number of halogens is 2. The van der Waals surface area contributed by atoms with E-state index in [0.29, 0.717) is 10.2 Å². The van der Waals surface area contributed by atoms with Gasteiger partial charge in [-0.3, -0.25) is 0 Å². The van der Waals surface area contributed by atoms with E-state index in [0.717, 1.165) is 25.1 Å². The van der Waals surface area contributed by atoms with Crippen molar-refractivity contribution >= 4 is 21.6 Å². The number of fused-ring (bicyclic) bond motifs is 1. The molecule has 1 saturated carbocycles. The molecule has 2 aliphatic rings. The molecule has 0 bridgehead atoms. The molecule has 74 valence electrons. The van der Waals surface area contributed by atoms with Gasteiger partial charge in [0.2, 0.25) is 0 Å². The zero-order chi connectivity index (χ0) is 9.76. The van der Waals surface area contributed by atoms with Crippen LogP contribution >= 0.6 is 15.9 Å². The van der Waals surface area contributed by atoms with Crippen LogP contribution in [0.5, 0.6) is 5.75 Å². The number of benzene rings is 1. The van der Waals surface area contributed by atoms with Crippen molar-refractivity contribution in [3.05, 3.63) is 22.4 Å². The summed E-state index contributed by atoms with van der Waals surface area (Å²) in [6.45, 7) is 0.831. The Balaban J connectivity index is 2.04. The van der Waals surface area contributed by atoms with Crippen LogP contribution in [0.1, 0.15) is 12.8 Å². The molecule has 3 rings (SSSR count). The van der Waals surface area contributed by atoms with Crippen LogP contribution in [-0.2, 0) is 0 Å². The van der Waals surface area contributed by atoms with Gasteiger partial charge in [-0.25, -0.2) is 4.39 Å². The Hall–Kier alpha value is -0.770. The van der Waals surface area contributed by atoms with Gasteiger partial charge in [-0.15, -0.1) is 0 Å². The minimum absolute atomic E-state index is 0.0345. The number of hydrogen-bond acceptors (Lipinski definition) is 2. The van der Waals surface area contributed by atoms with Crippen molar-refractivity contribution in [3.63, 3.8) is 0 Å². The maximum Gasteiger partial charge on any atom is 0.146 e. The number of ether oxygens (including phenoxy) is 1. The summed E-state index contributed by atoms with van der Waals surface area (Å²) in [5, 5.41) is 3.26. The van der Waals surface area contributed by atoms with Gasteiger partial charge in [0, 0.05) is 6.07 Å². The molecule has 1 aliphatic carbocycles. The van der Waals surface area contributed by atoms with E-state index in [-0.39, 0.29) is 11.4 Å². The summed E-state index contributed by atoms with van der Waals surface area (Å²) >= 11 is 3.15. The van der Waals surface area contributed by atoms with Gasteiger partial charge >= 0.3 is 0 Å². The Morgan fingerprint density at radius 1 is 1.43 bits per heavy atom. The van der Waals surface area contributed by atoms with E-state index >= 15 is 0 Å². The normalized spacial score (nSPS) is 21.0. The number of nitrogens with one attached hydrogen (secondary N) is 1. The minimum atomic E-state index is -0.275. The van der Waals surface area contributed by atoms with Crippen molar-refractivity contribution in [2.45, 2.75) is 18.4 Å². The summed E-state index contributed by atoms with van der Waals surface area (Å²) in [6.07, 6.45) is 2.13. The minimum Gasteiger partial charge on any atom is -0.483 e. The Bertz CT molecular complexity index is 403. The van der Waals surface area contributed by atoms with Gasteiger partial charge in [0.15, 0.2) is 0 Å². The maximum atomic E-state index is 13.2. The molecule has 2 nitrogen and oxygen atoms in total. The zero-order valence-electron chi connectivity index (χ0n) is 7.44. The lowest BCUT2D eigenvalue weighted by atomic mass is 10.2. The fourth-order valence-corrected chi connectivity index (χ4v) is 2.04. The summed E-state index contributed by atoms with van der Waals surface area (Å²) in [6, 6.07) is 3.16. The van der Waals surface area contributed by atoms with Crippen molar-refractivity contribution in [2.75, 3.05) is 11.9 Å². The van der Waals surface area contributed by atoms with Crippen molar-refractivity contribution in [1.29, 1.82) is 0 Å². The third-order valence-electron chi connectivity index (χ3n) is 2.76. The first kappa shape index (κ1) is 8.53. The van der Waals surface area contributed by atoms with Crippen LogP contribution in [0.4, 0.5) is 10.1 Å². The van der Waals surface area contributed by atoms with Crippen LogP contribution in [0.25, 0.3) is 0 Å². The summed E-state index contributed by atoms with van der Waals surface area (Å²) < 4.78 is 19.4. The smallest absolute Gasteiger partial charge is 0.146 e. The topological polar surface area (TPSA) is 21.3 Å². The largest absolute Gasteiger partial charge is 0.483 e. The summed E-state index contributed by atoms with van der Waals surface area (Å²) in [7, 11) is 0. The van der Waals surface area contributed by atoms with Gasteiger partial charge in [0.1, 0.15) is 17.2 Å². The molecule has 0 radical (unpaired) electrons. The van der Waals surface area contributed by atoms with E-state index in [2.05, 4.69) is 21.2 Å². The van der Waals surface area contributed by atoms with E-state index in [1.165, 1.54) is 6.07 Å². The fourth-order valence-electron chi connectivity index (χ4n) is 1.70. The Morgan fingerprint density at radius 2 is 2.21 bits per heavy atom. The average Bonchev–Trinajstić information content (AvgIpc) is 2.89. The van der Waals surface area contributed by atoms with Crippen LogP contribution in [0.2, 0.25) is 0 Å². The molecule has 1 fully saturated rings. The molecule has 0 saturated heterocycles. The second kappa shape index (κ2) is 2.63. The number of anilines is 1. The molecular weight excluding hydrogens is 249 g/mol. The van der Waals surface area contributed by atoms with Gasteiger partial charge in [-0.1, -0.05) is 0 Å². The van der Waals surface area contributed by atoms with Crippen LogP contribution < -0.4 is 10.1 Å². The van der Waals surface area contributed by atoms with Crippen molar-refractivity contribution in [3.8, 4) is 5.75 Å². The SMILES string of the molecule is Fc1cc2c(cc1Br)NCC1(CC1)O2. The van der Waals surface area contributed by atoms with Crippen LogP contribution in [0.3, 0.4) is 0 Å². The third-order valence-corrected chi connectivity index (χ3v) is 3.37. The van der Waals surface area contributed by atoms with Gasteiger partial charge in [-0.05, 0) is 34.8 Å². The molecular formula is C10H9BrFNO. The molecule has 1 heterocycles. The lowest BCUT2D eigenvalue weighted by Crippen LogP contribution is -2.32. The van der Waals surface area contributed by atoms with E-state index in [1.807, 2.05) is 0 Å². The maximum absolute atomic E-state index is 13.2. The summed E-state index contributed by atoms with van der Waals surface area (Å²) in [5.41, 5.74) is 0.837. The van der Waals surface area contributed by atoms with E-state index in [4.69, 9.17) is 4.74 Å². The first-order chi connectivity index (χ1) is 6.69. The number of hydrogen-bond donors (Lipinski definition) is 1. The molecule has 1 N–H and O–H groups in total. The number of rotatable bonds is 0.